The Kier molecular flexibility index (Phi) is 5.77. The molecule has 0 unspecified atom stereocenters. The Morgan fingerprint density at radius 1 is 1.03 bits per heavy atom. The van der Waals surface area contributed by atoms with Gasteiger partial charge in [0.05, 0.1) is 29.2 Å². The van der Waals surface area contributed by atoms with Gasteiger partial charge in [-0.15, -0.1) is 0 Å². The first-order valence-electron chi connectivity index (χ1n) is 9.20. The highest BCUT2D eigenvalue weighted by Crippen LogP contribution is 2.20. The Labute approximate surface area is 169 Å². The van der Waals surface area contributed by atoms with Gasteiger partial charge in [0.1, 0.15) is 5.82 Å². The molecule has 2 aromatic carbocycles. The molecule has 3 rings (SSSR count). The number of hydrogen-bond donors (Lipinski definition) is 1. The molecule has 29 heavy (non-hydrogen) atoms. The molecule has 1 N–H and O–H groups in total. The van der Waals surface area contributed by atoms with Crippen molar-refractivity contribution >= 4 is 17.5 Å². The molecule has 0 radical (unpaired) electrons. The summed E-state index contributed by atoms with van der Waals surface area (Å²) >= 11 is 0. The summed E-state index contributed by atoms with van der Waals surface area (Å²) in [5, 5.41) is 7.20. The Balaban J connectivity index is 1.74. The predicted octanol–water partition coefficient (Wildman–Crippen LogP) is 3.65. The summed E-state index contributed by atoms with van der Waals surface area (Å²) in [7, 11) is 1.57. The molecule has 0 spiro atoms. The van der Waals surface area contributed by atoms with Gasteiger partial charge in [0, 0.05) is 12.7 Å². The number of nitrogens with one attached hydrogen (secondary N) is 1. The number of carbonyl (C=O) groups excluding carboxylic acids is 2. The number of carbonyl (C=O) groups is 2. The van der Waals surface area contributed by atoms with Crippen LogP contribution < -0.4 is 5.32 Å². The Hall–Kier alpha value is -3.48. The molecule has 0 saturated heterocycles. The fourth-order valence-electron chi connectivity index (χ4n) is 3.10. The van der Waals surface area contributed by atoms with E-state index < -0.39 is 0 Å². The van der Waals surface area contributed by atoms with Crippen LogP contribution in [0.1, 0.15) is 27.3 Å². The molecule has 2 amide bonds. The van der Waals surface area contributed by atoms with Gasteiger partial charge >= 0.3 is 0 Å². The smallest absolute Gasteiger partial charge is 0.257 e. The van der Waals surface area contributed by atoms with Crippen molar-refractivity contribution in [3.63, 3.8) is 0 Å². The van der Waals surface area contributed by atoms with E-state index in [1.807, 2.05) is 31.2 Å². The largest absolute Gasteiger partial charge is 0.332 e. The van der Waals surface area contributed by atoms with E-state index in [4.69, 9.17) is 0 Å². The zero-order valence-electron chi connectivity index (χ0n) is 16.9. The Morgan fingerprint density at radius 3 is 2.28 bits per heavy atom. The normalized spacial score (nSPS) is 10.7. The third kappa shape index (κ3) is 4.51. The van der Waals surface area contributed by atoms with Crippen LogP contribution in [0.4, 0.5) is 10.1 Å². The zero-order chi connectivity index (χ0) is 21.1. The third-order valence-electron chi connectivity index (χ3n) is 4.64. The molecule has 0 saturated carbocycles. The van der Waals surface area contributed by atoms with E-state index >= 15 is 0 Å². The van der Waals surface area contributed by atoms with E-state index in [1.165, 1.54) is 17.0 Å². The fraction of sp³-hybridized carbons (Fsp3) is 0.227. The van der Waals surface area contributed by atoms with Crippen molar-refractivity contribution in [2.45, 2.75) is 20.8 Å². The van der Waals surface area contributed by atoms with Crippen molar-refractivity contribution in [3.8, 4) is 5.69 Å². The minimum Gasteiger partial charge on any atom is -0.332 e. The molecule has 1 aromatic heterocycles. The molecule has 6 nitrogen and oxygen atoms in total. The average Bonchev–Trinajstić information content (AvgIpc) is 2.97. The van der Waals surface area contributed by atoms with Crippen LogP contribution in [0.2, 0.25) is 0 Å². The number of hydrogen-bond acceptors (Lipinski definition) is 3. The van der Waals surface area contributed by atoms with Gasteiger partial charge in [-0.3, -0.25) is 9.59 Å². The second kappa shape index (κ2) is 8.26. The molecule has 150 valence electrons. The quantitative estimate of drug-likeness (QED) is 0.718. The van der Waals surface area contributed by atoms with Crippen LogP contribution in [-0.4, -0.2) is 40.1 Å². The summed E-state index contributed by atoms with van der Waals surface area (Å²) in [4.78, 5) is 26.6. The SMILES string of the molecule is Cc1ccc(NC(=O)CN(C)C(=O)c2c(C)nn(-c3ccc(F)cc3)c2C)cc1. The van der Waals surface area contributed by atoms with Crippen LogP contribution in [0.3, 0.4) is 0 Å². The van der Waals surface area contributed by atoms with Crippen molar-refractivity contribution in [1.82, 2.24) is 14.7 Å². The van der Waals surface area contributed by atoms with Crippen LogP contribution >= 0.6 is 0 Å². The minimum atomic E-state index is -0.342. The highest BCUT2D eigenvalue weighted by Gasteiger charge is 2.23. The lowest BCUT2D eigenvalue weighted by molar-refractivity contribution is -0.116. The summed E-state index contributed by atoms with van der Waals surface area (Å²) in [5.74, 6) is -0.927. The van der Waals surface area contributed by atoms with E-state index in [1.54, 1.807) is 37.7 Å². The van der Waals surface area contributed by atoms with Gasteiger partial charge in [-0.05, 0) is 57.2 Å². The maximum Gasteiger partial charge on any atom is 0.257 e. The van der Waals surface area contributed by atoms with Crippen molar-refractivity contribution in [3.05, 3.63) is 76.9 Å². The number of amides is 2. The molecule has 0 atom stereocenters. The first-order chi connectivity index (χ1) is 13.8. The van der Waals surface area contributed by atoms with Gasteiger partial charge in [-0.1, -0.05) is 17.7 Å². The van der Waals surface area contributed by atoms with Crippen LogP contribution in [-0.2, 0) is 4.79 Å². The molecule has 0 aliphatic heterocycles. The molecule has 0 aliphatic rings. The van der Waals surface area contributed by atoms with Gasteiger partial charge in [-0.2, -0.15) is 5.10 Å². The van der Waals surface area contributed by atoms with Crippen molar-refractivity contribution in [2.24, 2.45) is 0 Å². The first kappa shape index (κ1) is 20.3. The number of anilines is 1. The van der Waals surface area contributed by atoms with Crippen LogP contribution in [0, 0.1) is 26.6 Å². The molecule has 3 aromatic rings. The fourth-order valence-corrected chi connectivity index (χ4v) is 3.10. The number of aromatic nitrogens is 2. The van der Waals surface area contributed by atoms with E-state index in [2.05, 4.69) is 10.4 Å². The molecule has 1 heterocycles. The molecular formula is C22H23FN4O2. The van der Waals surface area contributed by atoms with Crippen LogP contribution in [0.5, 0.6) is 0 Å². The number of likely N-dealkylation sites (N-methyl/N-ethyl adjacent to an activating group) is 1. The summed E-state index contributed by atoms with van der Waals surface area (Å²) in [5.41, 5.74) is 4.04. The van der Waals surface area contributed by atoms with Gasteiger partial charge in [-0.25, -0.2) is 9.07 Å². The van der Waals surface area contributed by atoms with Crippen molar-refractivity contribution < 1.29 is 14.0 Å². The number of halogens is 1. The lowest BCUT2D eigenvalue weighted by Gasteiger charge is -2.17. The number of rotatable bonds is 5. The van der Waals surface area contributed by atoms with Gasteiger partial charge in [0.2, 0.25) is 5.91 Å². The Morgan fingerprint density at radius 2 is 1.66 bits per heavy atom. The van der Waals surface area contributed by atoms with E-state index in [0.29, 0.717) is 28.3 Å². The topological polar surface area (TPSA) is 67.2 Å². The maximum absolute atomic E-state index is 13.2. The van der Waals surface area contributed by atoms with E-state index in [-0.39, 0.29) is 24.2 Å². The number of benzene rings is 2. The third-order valence-corrected chi connectivity index (χ3v) is 4.64. The summed E-state index contributed by atoms with van der Waals surface area (Å²) < 4.78 is 14.8. The predicted molar refractivity (Wildman–Crippen MR) is 110 cm³/mol. The molecule has 0 fully saturated rings. The van der Waals surface area contributed by atoms with Gasteiger partial charge in [0.25, 0.3) is 5.91 Å². The molecular weight excluding hydrogens is 371 g/mol. The zero-order valence-corrected chi connectivity index (χ0v) is 16.9. The number of nitrogens with zero attached hydrogens (tertiary/aromatic N) is 3. The number of aryl methyl sites for hydroxylation is 2. The highest BCUT2D eigenvalue weighted by atomic mass is 19.1. The minimum absolute atomic E-state index is 0.0900. The summed E-state index contributed by atoms with van der Waals surface area (Å²) in [6, 6.07) is 13.3. The lowest BCUT2D eigenvalue weighted by atomic mass is 10.1. The first-order valence-corrected chi connectivity index (χ1v) is 9.20. The molecule has 7 heteroatoms. The van der Waals surface area contributed by atoms with Crippen molar-refractivity contribution in [2.75, 3.05) is 18.9 Å². The second-order valence-electron chi connectivity index (χ2n) is 7.01. The Bertz CT molecular complexity index is 1040. The van der Waals surface area contributed by atoms with Gasteiger partial charge in [0.15, 0.2) is 0 Å². The van der Waals surface area contributed by atoms with Gasteiger partial charge < -0.3 is 10.2 Å². The maximum atomic E-state index is 13.2. The lowest BCUT2D eigenvalue weighted by Crippen LogP contribution is -2.35. The highest BCUT2D eigenvalue weighted by molar-refractivity contribution is 6.00. The summed E-state index contributed by atoms with van der Waals surface area (Å²) in [6.07, 6.45) is 0. The van der Waals surface area contributed by atoms with Crippen molar-refractivity contribution in [1.29, 1.82) is 0 Å². The average molecular weight is 394 g/mol. The van der Waals surface area contributed by atoms with Crippen LogP contribution in [0.25, 0.3) is 5.69 Å². The standard InChI is InChI=1S/C22H23FN4O2/c1-14-5-9-18(10-6-14)24-20(28)13-26(4)22(29)21-15(2)25-27(16(21)3)19-11-7-17(23)8-12-19/h5-12H,13H2,1-4H3,(H,24,28). The van der Waals surface area contributed by atoms with E-state index in [9.17, 15) is 14.0 Å². The monoisotopic (exact) mass is 394 g/mol. The second-order valence-corrected chi connectivity index (χ2v) is 7.01. The van der Waals surface area contributed by atoms with E-state index in [0.717, 1.165) is 5.56 Å². The van der Waals surface area contributed by atoms with Crippen LogP contribution in [0.15, 0.2) is 48.5 Å². The molecule has 0 bridgehead atoms. The summed E-state index contributed by atoms with van der Waals surface area (Å²) in [6.45, 7) is 5.39. The molecule has 0 aliphatic carbocycles.